The van der Waals surface area contributed by atoms with Crippen molar-refractivity contribution in [1.29, 1.82) is 0 Å². The van der Waals surface area contributed by atoms with Gasteiger partial charge in [0.25, 0.3) is 0 Å². The second kappa shape index (κ2) is 7.48. The molecule has 0 radical (unpaired) electrons. The predicted molar refractivity (Wildman–Crippen MR) is 71.7 cm³/mol. The average Bonchev–Trinajstić information content (AvgIpc) is 2.32. The van der Waals surface area contributed by atoms with Crippen LogP contribution in [-0.2, 0) is 11.2 Å². The van der Waals surface area contributed by atoms with Crippen LogP contribution in [0.2, 0.25) is 0 Å². The molecule has 1 aromatic rings. The molecule has 0 aliphatic heterocycles. The summed E-state index contributed by atoms with van der Waals surface area (Å²) < 4.78 is 13.8. The highest BCUT2D eigenvalue weighted by atomic mass is 79.9. The number of benzene rings is 1. The van der Waals surface area contributed by atoms with E-state index in [2.05, 4.69) is 21.2 Å². The van der Waals surface area contributed by atoms with E-state index in [1.165, 1.54) is 12.1 Å². The van der Waals surface area contributed by atoms with Crippen LogP contribution in [0.25, 0.3) is 0 Å². The lowest BCUT2D eigenvalue weighted by Gasteiger charge is -2.11. The Bertz CT molecular complexity index is 412. The molecule has 0 heterocycles. The van der Waals surface area contributed by atoms with Crippen molar-refractivity contribution in [3.63, 3.8) is 0 Å². The zero-order valence-corrected chi connectivity index (χ0v) is 11.8. The van der Waals surface area contributed by atoms with E-state index in [1.54, 1.807) is 6.07 Å². The second-order valence-corrected chi connectivity index (χ2v) is 5.19. The zero-order valence-electron chi connectivity index (χ0n) is 10.2. The fourth-order valence-electron chi connectivity index (χ4n) is 1.52. The maximum absolute atomic E-state index is 13.0. The van der Waals surface area contributed by atoms with Crippen molar-refractivity contribution < 1.29 is 14.3 Å². The third kappa shape index (κ3) is 5.14. The van der Waals surface area contributed by atoms with E-state index in [0.29, 0.717) is 18.5 Å². The number of rotatable bonds is 6. The number of hydrogen-bond donors (Lipinski definition) is 2. The summed E-state index contributed by atoms with van der Waals surface area (Å²) in [7, 11) is 0. The molecule has 1 rings (SSSR count). The van der Waals surface area contributed by atoms with Gasteiger partial charge >= 0.3 is 0 Å². The van der Waals surface area contributed by atoms with Crippen molar-refractivity contribution in [2.24, 2.45) is 5.92 Å². The fourth-order valence-corrected chi connectivity index (χ4v) is 1.91. The molecule has 0 spiro atoms. The zero-order chi connectivity index (χ0) is 13.5. The van der Waals surface area contributed by atoms with Gasteiger partial charge in [0.15, 0.2) is 0 Å². The molecule has 2 N–H and O–H groups in total. The van der Waals surface area contributed by atoms with Gasteiger partial charge in [-0.2, -0.15) is 0 Å². The molecular formula is C13H17BrFNO2. The Kier molecular flexibility index (Phi) is 6.29. The normalized spacial score (nSPS) is 12.2. The van der Waals surface area contributed by atoms with Gasteiger partial charge in [0.1, 0.15) is 5.82 Å². The molecule has 5 heteroatoms. The summed E-state index contributed by atoms with van der Waals surface area (Å²) >= 11 is 3.28. The first-order valence-electron chi connectivity index (χ1n) is 5.84. The molecule has 0 fully saturated rings. The number of aliphatic hydroxyl groups excluding tert-OH is 1. The van der Waals surface area contributed by atoms with Gasteiger partial charge in [0.2, 0.25) is 5.91 Å². The van der Waals surface area contributed by atoms with E-state index in [4.69, 9.17) is 5.11 Å². The average molecular weight is 318 g/mol. The first kappa shape index (κ1) is 15.1. The van der Waals surface area contributed by atoms with E-state index in [-0.39, 0.29) is 30.7 Å². The summed E-state index contributed by atoms with van der Waals surface area (Å²) in [6.07, 6.45) is 0.800. The quantitative estimate of drug-likeness (QED) is 0.845. The van der Waals surface area contributed by atoms with E-state index >= 15 is 0 Å². The first-order chi connectivity index (χ1) is 8.52. The minimum atomic E-state index is -0.352. The second-order valence-electron chi connectivity index (χ2n) is 4.33. The molecule has 3 nitrogen and oxygen atoms in total. The van der Waals surface area contributed by atoms with Crippen molar-refractivity contribution in [3.8, 4) is 0 Å². The summed E-state index contributed by atoms with van der Waals surface area (Å²) in [6, 6.07) is 4.28. The van der Waals surface area contributed by atoms with Gasteiger partial charge in [-0.15, -0.1) is 0 Å². The fraction of sp³-hybridized carbons (Fsp3) is 0.462. The molecule has 0 saturated carbocycles. The van der Waals surface area contributed by atoms with E-state index in [1.807, 2.05) is 6.92 Å². The van der Waals surface area contributed by atoms with Crippen LogP contribution in [0.4, 0.5) is 4.39 Å². The topological polar surface area (TPSA) is 49.3 Å². The third-order valence-corrected chi connectivity index (χ3v) is 3.40. The monoisotopic (exact) mass is 317 g/mol. The molecule has 1 atom stereocenters. The number of hydrogen-bond acceptors (Lipinski definition) is 2. The number of amides is 1. The first-order valence-corrected chi connectivity index (χ1v) is 6.63. The van der Waals surface area contributed by atoms with Gasteiger partial charge in [-0.1, -0.05) is 22.9 Å². The smallest absolute Gasteiger partial charge is 0.224 e. The van der Waals surface area contributed by atoms with Crippen LogP contribution in [0.1, 0.15) is 18.9 Å². The van der Waals surface area contributed by atoms with E-state index < -0.39 is 0 Å². The highest BCUT2D eigenvalue weighted by Gasteiger charge is 2.09. The lowest BCUT2D eigenvalue weighted by molar-refractivity contribution is -0.120. The van der Waals surface area contributed by atoms with Crippen molar-refractivity contribution >= 4 is 21.8 Å². The number of aliphatic hydroxyl groups is 1. The number of carbonyl (C=O) groups excluding carboxylic acids is 1. The van der Waals surface area contributed by atoms with Crippen LogP contribution in [0.15, 0.2) is 22.7 Å². The third-order valence-electron chi connectivity index (χ3n) is 2.63. The highest BCUT2D eigenvalue weighted by molar-refractivity contribution is 9.10. The number of halogens is 2. The van der Waals surface area contributed by atoms with E-state index in [0.717, 1.165) is 4.47 Å². The van der Waals surface area contributed by atoms with Gasteiger partial charge < -0.3 is 10.4 Å². The van der Waals surface area contributed by atoms with E-state index in [9.17, 15) is 9.18 Å². The molecule has 0 saturated heterocycles. The van der Waals surface area contributed by atoms with Crippen molar-refractivity contribution in [3.05, 3.63) is 34.1 Å². The lowest BCUT2D eigenvalue weighted by atomic mass is 10.1. The van der Waals surface area contributed by atoms with Gasteiger partial charge in [0, 0.05) is 17.6 Å². The predicted octanol–water partition coefficient (Wildman–Crippen LogP) is 2.27. The maximum Gasteiger partial charge on any atom is 0.224 e. The molecule has 100 valence electrons. The standard InChI is InChI=1S/C13H17BrFNO2/c1-9(4-5-17)8-16-13(18)7-10-6-11(15)2-3-12(10)14/h2-3,6,9,17H,4-5,7-8H2,1H3,(H,16,18). The minimum Gasteiger partial charge on any atom is -0.396 e. The Labute approximate surface area is 115 Å². The molecule has 1 unspecified atom stereocenters. The maximum atomic E-state index is 13.0. The summed E-state index contributed by atoms with van der Waals surface area (Å²) in [6.45, 7) is 2.59. The van der Waals surface area contributed by atoms with Crippen LogP contribution in [-0.4, -0.2) is 24.2 Å². The Hall–Kier alpha value is -0.940. The molecule has 0 bridgehead atoms. The summed E-state index contributed by atoms with van der Waals surface area (Å²) in [5.74, 6) is -0.268. The summed E-state index contributed by atoms with van der Waals surface area (Å²) in [4.78, 5) is 11.7. The molecule has 0 aliphatic carbocycles. The Morgan fingerprint density at radius 2 is 2.28 bits per heavy atom. The molecule has 18 heavy (non-hydrogen) atoms. The minimum absolute atomic E-state index is 0.118. The summed E-state index contributed by atoms with van der Waals surface area (Å²) in [5, 5.41) is 11.5. The Morgan fingerprint density at radius 3 is 2.94 bits per heavy atom. The van der Waals surface area contributed by atoms with Crippen LogP contribution in [0.3, 0.4) is 0 Å². The van der Waals surface area contributed by atoms with Crippen molar-refractivity contribution in [2.75, 3.05) is 13.2 Å². The Morgan fingerprint density at radius 1 is 1.56 bits per heavy atom. The molecular weight excluding hydrogens is 301 g/mol. The van der Waals surface area contributed by atoms with Gasteiger partial charge in [-0.3, -0.25) is 4.79 Å². The molecule has 0 aromatic heterocycles. The van der Waals surface area contributed by atoms with Crippen molar-refractivity contribution in [2.45, 2.75) is 19.8 Å². The summed E-state index contributed by atoms with van der Waals surface area (Å²) in [5.41, 5.74) is 0.627. The van der Waals surface area contributed by atoms with Crippen LogP contribution in [0.5, 0.6) is 0 Å². The largest absolute Gasteiger partial charge is 0.396 e. The van der Waals surface area contributed by atoms with Crippen LogP contribution in [0, 0.1) is 11.7 Å². The SMILES string of the molecule is CC(CCO)CNC(=O)Cc1cc(F)ccc1Br. The van der Waals surface area contributed by atoms with Crippen LogP contribution < -0.4 is 5.32 Å². The van der Waals surface area contributed by atoms with Gasteiger partial charge in [0.05, 0.1) is 6.42 Å². The van der Waals surface area contributed by atoms with Crippen LogP contribution >= 0.6 is 15.9 Å². The van der Waals surface area contributed by atoms with Gasteiger partial charge in [-0.05, 0) is 36.1 Å². The molecule has 1 aromatic carbocycles. The van der Waals surface area contributed by atoms with Crippen molar-refractivity contribution in [1.82, 2.24) is 5.32 Å². The molecule has 0 aliphatic rings. The highest BCUT2D eigenvalue weighted by Crippen LogP contribution is 2.18. The lowest BCUT2D eigenvalue weighted by Crippen LogP contribution is -2.30. The Balaban J connectivity index is 2.47. The van der Waals surface area contributed by atoms with Gasteiger partial charge in [-0.25, -0.2) is 4.39 Å². The molecule has 1 amide bonds. The number of nitrogens with one attached hydrogen (secondary N) is 1. The number of carbonyl (C=O) groups is 1.